The number of amides is 1. The highest BCUT2D eigenvalue weighted by Crippen LogP contribution is 2.48. The van der Waals surface area contributed by atoms with E-state index in [2.05, 4.69) is 5.32 Å². The van der Waals surface area contributed by atoms with E-state index in [1.807, 2.05) is 0 Å². The van der Waals surface area contributed by atoms with Gasteiger partial charge in [0.25, 0.3) is 0 Å². The number of nitrogens with one attached hydrogen (secondary N) is 1. The van der Waals surface area contributed by atoms with Crippen LogP contribution in [0.2, 0.25) is 0 Å². The summed E-state index contributed by atoms with van der Waals surface area (Å²) in [5.41, 5.74) is 1.94. The molecule has 136 valence electrons. The van der Waals surface area contributed by atoms with E-state index in [1.54, 1.807) is 18.4 Å². The third-order valence-corrected chi connectivity index (χ3v) is 5.30. The van der Waals surface area contributed by atoms with Crippen LogP contribution in [0.3, 0.4) is 0 Å². The van der Waals surface area contributed by atoms with Gasteiger partial charge in [0.15, 0.2) is 16.9 Å². The van der Waals surface area contributed by atoms with Gasteiger partial charge in [-0.05, 0) is 54.0 Å². The van der Waals surface area contributed by atoms with E-state index in [0.717, 1.165) is 0 Å². The lowest BCUT2D eigenvalue weighted by Gasteiger charge is -2.17. The highest BCUT2D eigenvalue weighted by molar-refractivity contribution is 7.98. The van der Waals surface area contributed by atoms with Gasteiger partial charge in [0.1, 0.15) is 0 Å². The Balaban J connectivity index is 2.38. The summed E-state index contributed by atoms with van der Waals surface area (Å²) in [4.78, 5) is 24.7. The Morgan fingerprint density at radius 3 is 2.58 bits per heavy atom. The average Bonchev–Trinajstić information content (AvgIpc) is 2.82. The van der Waals surface area contributed by atoms with E-state index in [9.17, 15) is 24.9 Å². The molecule has 3 rings (SSSR count). The van der Waals surface area contributed by atoms with Crippen molar-refractivity contribution in [3.05, 3.63) is 45.6 Å². The second-order valence-electron chi connectivity index (χ2n) is 6.20. The number of aryl methyl sites for hydroxylation is 1. The van der Waals surface area contributed by atoms with Crippen LogP contribution in [0, 0.1) is 0 Å². The SMILES string of the molecule is CSc1ccc2c(cc1=O)[C@@H](NC(C)=O)CCc1cc(O)c(O)c(O)c1-2. The monoisotopic (exact) mass is 373 g/mol. The first-order valence-electron chi connectivity index (χ1n) is 8.10. The van der Waals surface area contributed by atoms with Crippen molar-refractivity contribution < 1.29 is 20.1 Å². The van der Waals surface area contributed by atoms with Gasteiger partial charge < -0.3 is 20.6 Å². The lowest BCUT2D eigenvalue weighted by molar-refractivity contribution is -0.119. The van der Waals surface area contributed by atoms with Crippen molar-refractivity contribution >= 4 is 17.7 Å². The fourth-order valence-electron chi connectivity index (χ4n) is 3.36. The summed E-state index contributed by atoms with van der Waals surface area (Å²) in [6.07, 6.45) is 2.73. The van der Waals surface area contributed by atoms with Crippen molar-refractivity contribution in [2.75, 3.05) is 6.26 Å². The van der Waals surface area contributed by atoms with Crippen LogP contribution in [0.15, 0.2) is 34.0 Å². The minimum atomic E-state index is -0.605. The van der Waals surface area contributed by atoms with E-state index in [4.69, 9.17) is 0 Å². The van der Waals surface area contributed by atoms with E-state index in [1.165, 1.54) is 30.8 Å². The number of carbonyl (C=O) groups excluding carboxylic acids is 1. The van der Waals surface area contributed by atoms with Gasteiger partial charge in [0, 0.05) is 12.5 Å². The number of rotatable bonds is 2. The molecule has 0 unspecified atom stereocenters. The lowest BCUT2D eigenvalue weighted by Crippen LogP contribution is -2.26. The van der Waals surface area contributed by atoms with Gasteiger partial charge in [0.05, 0.1) is 10.9 Å². The van der Waals surface area contributed by atoms with Gasteiger partial charge >= 0.3 is 0 Å². The first-order chi connectivity index (χ1) is 12.3. The zero-order valence-corrected chi connectivity index (χ0v) is 15.2. The normalized spacial score (nSPS) is 15.5. The molecule has 7 heteroatoms. The standard InChI is InChI=1S/C19H19NO5S/c1-9(21)20-13-5-3-10-7-15(23)18(24)19(25)17(10)11-4-6-16(26-2)14(22)8-12(11)13/h4,6-8,13,23-25H,3,5H2,1-2H3,(H,20,21)/t13-/m0/s1. The molecule has 1 amide bonds. The fourth-order valence-corrected chi connectivity index (χ4v) is 3.82. The molecule has 1 aliphatic carbocycles. The van der Waals surface area contributed by atoms with Crippen LogP contribution in [-0.4, -0.2) is 27.5 Å². The fraction of sp³-hybridized carbons (Fsp3) is 0.263. The molecular formula is C19H19NO5S. The maximum atomic E-state index is 12.5. The predicted octanol–water partition coefficient (Wildman–Crippen LogP) is 2.68. The number of phenolic OH excluding ortho intramolecular Hbond substituents is 3. The Hall–Kier alpha value is -2.67. The second-order valence-corrected chi connectivity index (χ2v) is 7.05. The number of fused-ring (bicyclic) bond motifs is 3. The minimum absolute atomic E-state index is 0.181. The molecule has 6 nitrogen and oxygen atoms in total. The first-order valence-corrected chi connectivity index (χ1v) is 9.32. The number of aromatic hydroxyl groups is 3. The number of benzene rings is 1. The van der Waals surface area contributed by atoms with Gasteiger partial charge in [-0.15, -0.1) is 11.8 Å². The second kappa shape index (κ2) is 6.92. The van der Waals surface area contributed by atoms with Crippen molar-refractivity contribution in [1.29, 1.82) is 0 Å². The summed E-state index contributed by atoms with van der Waals surface area (Å²) >= 11 is 1.31. The van der Waals surface area contributed by atoms with Crippen LogP contribution < -0.4 is 10.7 Å². The third-order valence-electron chi connectivity index (χ3n) is 4.52. The van der Waals surface area contributed by atoms with Crippen LogP contribution in [0.1, 0.15) is 30.5 Å². The van der Waals surface area contributed by atoms with E-state index >= 15 is 0 Å². The maximum Gasteiger partial charge on any atom is 0.217 e. The summed E-state index contributed by atoms with van der Waals surface area (Å²) in [6.45, 7) is 1.40. The van der Waals surface area contributed by atoms with Gasteiger partial charge in [-0.1, -0.05) is 6.07 Å². The zero-order chi connectivity index (χ0) is 19.0. The van der Waals surface area contributed by atoms with Crippen molar-refractivity contribution in [2.45, 2.75) is 30.7 Å². The average molecular weight is 373 g/mol. The zero-order valence-electron chi connectivity index (χ0n) is 14.4. The molecule has 2 aromatic rings. The Morgan fingerprint density at radius 1 is 1.19 bits per heavy atom. The molecule has 1 aliphatic rings. The molecule has 0 saturated carbocycles. The smallest absolute Gasteiger partial charge is 0.217 e. The minimum Gasteiger partial charge on any atom is -0.504 e. The van der Waals surface area contributed by atoms with E-state index in [-0.39, 0.29) is 11.3 Å². The highest BCUT2D eigenvalue weighted by atomic mass is 32.2. The van der Waals surface area contributed by atoms with E-state index in [0.29, 0.717) is 40.0 Å². The summed E-state index contributed by atoms with van der Waals surface area (Å²) < 4.78 is 0. The molecule has 0 radical (unpaired) electrons. The first kappa shape index (κ1) is 18.1. The quantitative estimate of drug-likeness (QED) is 0.476. The maximum absolute atomic E-state index is 12.5. The molecule has 2 aromatic carbocycles. The van der Waals surface area contributed by atoms with E-state index < -0.39 is 23.3 Å². The van der Waals surface area contributed by atoms with Crippen molar-refractivity contribution in [2.24, 2.45) is 0 Å². The number of hydrogen-bond acceptors (Lipinski definition) is 6. The van der Waals surface area contributed by atoms with Gasteiger partial charge in [-0.2, -0.15) is 0 Å². The van der Waals surface area contributed by atoms with Crippen molar-refractivity contribution in [1.82, 2.24) is 5.32 Å². The number of hydrogen-bond donors (Lipinski definition) is 4. The Kier molecular flexibility index (Phi) is 4.82. The summed E-state index contributed by atoms with van der Waals surface area (Å²) in [6, 6.07) is 5.83. The van der Waals surface area contributed by atoms with Gasteiger partial charge in [-0.3, -0.25) is 9.59 Å². The molecule has 0 saturated heterocycles. The third kappa shape index (κ3) is 3.10. The lowest BCUT2D eigenvalue weighted by atomic mass is 9.95. The van der Waals surface area contributed by atoms with Crippen LogP contribution in [0.4, 0.5) is 0 Å². The molecule has 0 spiro atoms. The van der Waals surface area contributed by atoms with Gasteiger partial charge in [0.2, 0.25) is 11.7 Å². The molecular weight excluding hydrogens is 354 g/mol. The van der Waals surface area contributed by atoms with Crippen LogP contribution in [0.25, 0.3) is 11.1 Å². The molecule has 0 heterocycles. The molecule has 0 aromatic heterocycles. The molecule has 4 N–H and O–H groups in total. The molecule has 0 aliphatic heterocycles. The molecule has 0 fully saturated rings. The van der Waals surface area contributed by atoms with Crippen LogP contribution >= 0.6 is 11.8 Å². The summed E-state index contributed by atoms with van der Waals surface area (Å²) in [5, 5.41) is 33.1. The number of thioether (sulfide) groups is 1. The summed E-state index contributed by atoms with van der Waals surface area (Å²) in [7, 11) is 0. The van der Waals surface area contributed by atoms with Crippen LogP contribution in [0.5, 0.6) is 17.2 Å². The predicted molar refractivity (Wildman–Crippen MR) is 99.8 cm³/mol. The Labute approximate surface area is 154 Å². The van der Waals surface area contributed by atoms with Crippen molar-refractivity contribution in [3.63, 3.8) is 0 Å². The van der Waals surface area contributed by atoms with Crippen molar-refractivity contribution in [3.8, 4) is 28.4 Å². The molecule has 26 heavy (non-hydrogen) atoms. The number of carbonyl (C=O) groups is 1. The highest BCUT2D eigenvalue weighted by Gasteiger charge is 2.27. The Morgan fingerprint density at radius 2 is 1.92 bits per heavy atom. The molecule has 0 bridgehead atoms. The topological polar surface area (TPSA) is 107 Å². The Bertz CT molecular complexity index is 957. The molecule has 1 atom stereocenters. The number of phenols is 3. The largest absolute Gasteiger partial charge is 0.504 e. The van der Waals surface area contributed by atoms with Crippen LogP contribution in [-0.2, 0) is 11.2 Å². The van der Waals surface area contributed by atoms with Gasteiger partial charge in [-0.25, -0.2) is 0 Å². The summed E-state index contributed by atoms with van der Waals surface area (Å²) in [5.74, 6) is -1.68.